The van der Waals surface area contributed by atoms with E-state index >= 15 is 0 Å². The van der Waals surface area contributed by atoms with E-state index in [4.69, 9.17) is 0 Å². The van der Waals surface area contributed by atoms with Crippen LogP contribution in [0.15, 0.2) is 36.7 Å². The van der Waals surface area contributed by atoms with E-state index in [2.05, 4.69) is 33.6 Å². The Bertz CT molecular complexity index is 814. The summed E-state index contributed by atoms with van der Waals surface area (Å²) in [6.45, 7) is 4.53. The molecular weight excluding hydrogens is 296 g/mol. The summed E-state index contributed by atoms with van der Waals surface area (Å²) in [6.07, 6.45) is 3.60. The van der Waals surface area contributed by atoms with Gasteiger partial charge < -0.3 is 5.32 Å². The number of hydrogen-bond acceptors (Lipinski definition) is 4. The molecule has 0 spiro atoms. The minimum atomic E-state index is -0.231. The molecule has 6 heteroatoms. The lowest BCUT2D eigenvalue weighted by Gasteiger charge is -2.05. The molecule has 2 aromatic heterocycles. The summed E-state index contributed by atoms with van der Waals surface area (Å²) < 4.78 is 1.05. The number of nitrogens with one attached hydrogen (secondary N) is 2. The van der Waals surface area contributed by atoms with E-state index in [1.165, 1.54) is 11.3 Å². The Morgan fingerprint density at radius 1 is 1.36 bits per heavy atom. The van der Waals surface area contributed by atoms with E-state index in [0.717, 1.165) is 26.9 Å². The Balaban J connectivity index is 1.98. The van der Waals surface area contributed by atoms with Crippen LogP contribution in [0.2, 0.25) is 0 Å². The maximum Gasteiger partial charge on any atom is 0.321 e. The van der Waals surface area contributed by atoms with Gasteiger partial charge in [0.1, 0.15) is 0 Å². The molecule has 0 radical (unpaired) electrons. The van der Waals surface area contributed by atoms with Crippen molar-refractivity contribution < 1.29 is 4.79 Å². The Morgan fingerprint density at radius 2 is 2.23 bits per heavy atom. The minimum Gasteiger partial charge on any atom is -0.338 e. The number of anilines is 1. The van der Waals surface area contributed by atoms with Crippen LogP contribution < -0.4 is 10.6 Å². The van der Waals surface area contributed by atoms with Gasteiger partial charge in [-0.2, -0.15) is 0 Å². The van der Waals surface area contributed by atoms with Crippen molar-refractivity contribution in [3.05, 3.63) is 42.2 Å². The number of pyridine rings is 1. The second kappa shape index (κ2) is 6.11. The summed E-state index contributed by atoms with van der Waals surface area (Å²) in [5.74, 6) is 0. The van der Waals surface area contributed by atoms with Gasteiger partial charge in [-0.1, -0.05) is 17.4 Å². The molecule has 3 rings (SSSR count). The molecule has 112 valence electrons. The highest BCUT2D eigenvalue weighted by Crippen LogP contribution is 2.32. The smallest absolute Gasteiger partial charge is 0.321 e. The monoisotopic (exact) mass is 312 g/mol. The average Bonchev–Trinajstić information content (AvgIpc) is 2.88. The van der Waals surface area contributed by atoms with Gasteiger partial charge in [0.05, 0.1) is 10.2 Å². The lowest BCUT2D eigenvalue weighted by atomic mass is 10.0. The first-order valence-corrected chi connectivity index (χ1v) is 7.85. The summed E-state index contributed by atoms with van der Waals surface area (Å²) in [5.41, 5.74) is 4.21. The third-order valence-corrected chi connectivity index (χ3v) is 4.20. The number of thiazole rings is 1. The van der Waals surface area contributed by atoms with E-state index in [9.17, 15) is 4.79 Å². The number of benzene rings is 1. The Kier molecular flexibility index (Phi) is 4.02. The van der Waals surface area contributed by atoms with E-state index in [0.29, 0.717) is 11.7 Å². The predicted octanol–water partition coefficient (Wildman–Crippen LogP) is 3.81. The van der Waals surface area contributed by atoms with Crippen molar-refractivity contribution in [2.75, 3.05) is 11.9 Å². The molecule has 2 heterocycles. The lowest BCUT2D eigenvalue weighted by molar-refractivity contribution is 0.252. The molecule has 3 aromatic rings. The standard InChI is InChI=1S/C16H16N4OS/c1-3-18-15(21)20-16-19-13-8-12(10(2)7-14(13)22-16)11-5-4-6-17-9-11/h4-9H,3H2,1-2H3,(H2,18,19,20,21). The predicted molar refractivity (Wildman–Crippen MR) is 90.3 cm³/mol. The molecule has 0 unspecified atom stereocenters. The molecular formula is C16H16N4OS. The molecule has 0 bridgehead atoms. The lowest BCUT2D eigenvalue weighted by Crippen LogP contribution is -2.28. The second-order valence-corrected chi connectivity index (χ2v) is 5.91. The van der Waals surface area contributed by atoms with Crippen LogP contribution in [0.25, 0.3) is 21.3 Å². The number of aromatic nitrogens is 2. The van der Waals surface area contributed by atoms with E-state index in [1.54, 1.807) is 6.20 Å². The highest BCUT2D eigenvalue weighted by molar-refractivity contribution is 7.22. The van der Waals surface area contributed by atoms with Gasteiger partial charge in [-0.05, 0) is 43.2 Å². The molecule has 0 fully saturated rings. The Morgan fingerprint density at radius 3 is 2.95 bits per heavy atom. The number of rotatable bonds is 3. The minimum absolute atomic E-state index is 0.231. The third kappa shape index (κ3) is 2.92. The maximum absolute atomic E-state index is 11.6. The van der Waals surface area contributed by atoms with Gasteiger partial charge in [0.25, 0.3) is 0 Å². The van der Waals surface area contributed by atoms with E-state index in [1.807, 2.05) is 31.3 Å². The van der Waals surface area contributed by atoms with Crippen molar-refractivity contribution in [1.29, 1.82) is 0 Å². The summed E-state index contributed by atoms with van der Waals surface area (Å²) in [5, 5.41) is 6.05. The molecule has 1 aromatic carbocycles. The fraction of sp³-hybridized carbons (Fsp3) is 0.188. The van der Waals surface area contributed by atoms with Gasteiger partial charge in [0.15, 0.2) is 5.13 Å². The average molecular weight is 312 g/mol. The number of carbonyl (C=O) groups is 1. The summed E-state index contributed by atoms with van der Waals surface area (Å²) >= 11 is 1.47. The van der Waals surface area contributed by atoms with Crippen LogP contribution in [0.4, 0.5) is 9.93 Å². The van der Waals surface area contributed by atoms with Crippen LogP contribution in [-0.4, -0.2) is 22.5 Å². The normalized spacial score (nSPS) is 10.6. The van der Waals surface area contributed by atoms with Crippen LogP contribution in [0.1, 0.15) is 12.5 Å². The first-order chi connectivity index (χ1) is 10.7. The fourth-order valence-corrected chi connectivity index (χ4v) is 3.20. The van der Waals surface area contributed by atoms with Crippen LogP contribution in [0.3, 0.4) is 0 Å². The molecule has 5 nitrogen and oxygen atoms in total. The molecule has 22 heavy (non-hydrogen) atoms. The molecule has 0 aliphatic rings. The molecule has 0 saturated heterocycles. The molecule has 0 aliphatic carbocycles. The summed E-state index contributed by atoms with van der Waals surface area (Å²) in [7, 11) is 0. The first-order valence-electron chi connectivity index (χ1n) is 7.04. The summed E-state index contributed by atoms with van der Waals surface area (Å²) in [6, 6.07) is 7.86. The summed E-state index contributed by atoms with van der Waals surface area (Å²) in [4.78, 5) is 20.2. The second-order valence-electron chi connectivity index (χ2n) is 4.88. The van der Waals surface area contributed by atoms with Crippen LogP contribution in [0, 0.1) is 6.92 Å². The van der Waals surface area contributed by atoms with Crippen LogP contribution >= 0.6 is 11.3 Å². The number of hydrogen-bond donors (Lipinski definition) is 2. The van der Waals surface area contributed by atoms with Gasteiger partial charge in [-0.15, -0.1) is 0 Å². The maximum atomic E-state index is 11.6. The van der Waals surface area contributed by atoms with Crippen molar-refractivity contribution in [2.45, 2.75) is 13.8 Å². The Labute approximate surface area is 132 Å². The van der Waals surface area contributed by atoms with Gasteiger partial charge in [0.2, 0.25) is 0 Å². The van der Waals surface area contributed by atoms with Gasteiger partial charge >= 0.3 is 6.03 Å². The highest BCUT2D eigenvalue weighted by Gasteiger charge is 2.10. The van der Waals surface area contributed by atoms with Gasteiger partial charge in [-0.3, -0.25) is 10.3 Å². The topological polar surface area (TPSA) is 66.9 Å². The van der Waals surface area contributed by atoms with Crippen molar-refractivity contribution >= 4 is 32.7 Å². The van der Waals surface area contributed by atoms with Crippen LogP contribution in [0.5, 0.6) is 0 Å². The molecule has 2 amide bonds. The zero-order chi connectivity index (χ0) is 15.5. The van der Waals surface area contributed by atoms with Crippen molar-refractivity contribution in [3.63, 3.8) is 0 Å². The SMILES string of the molecule is CCNC(=O)Nc1nc2cc(-c3cccnc3)c(C)cc2s1. The number of fused-ring (bicyclic) bond motifs is 1. The number of urea groups is 1. The molecule has 0 atom stereocenters. The van der Waals surface area contributed by atoms with E-state index in [-0.39, 0.29) is 6.03 Å². The van der Waals surface area contributed by atoms with Crippen molar-refractivity contribution in [2.24, 2.45) is 0 Å². The zero-order valence-electron chi connectivity index (χ0n) is 12.4. The van der Waals surface area contributed by atoms with Crippen molar-refractivity contribution in [1.82, 2.24) is 15.3 Å². The molecule has 0 aliphatic heterocycles. The highest BCUT2D eigenvalue weighted by atomic mass is 32.1. The Hall–Kier alpha value is -2.47. The number of carbonyl (C=O) groups excluding carboxylic acids is 1. The quantitative estimate of drug-likeness (QED) is 0.773. The number of amides is 2. The number of aryl methyl sites for hydroxylation is 1. The zero-order valence-corrected chi connectivity index (χ0v) is 13.2. The van der Waals surface area contributed by atoms with Gasteiger partial charge in [0, 0.05) is 24.5 Å². The van der Waals surface area contributed by atoms with Gasteiger partial charge in [-0.25, -0.2) is 9.78 Å². The number of nitrogens with zero attached hydrogens (tertiary/aromatic N) is 2. The van der Waals surface area contributed by atoms with Crippen molar-refractivity contribution in [3.8, 4) is 11.1 Å². The largest absolute Gasteiger partial charge is 0.338 e. The molecule has 2 N–H and O–H groups in total. The molecule has 0 saturated carbocycles. The van der Waals surface area contributed by atoms with Crippen LogP contribution in [-0.2, 0) is 0 Å². The van der Waals surface area contributed by atoms with E-state index < -0.39 is 0 Å². The fourth-order valence-electron chi connectivity index (χ4n) is 2.26. The third-order valence-electron chi connectivity index (χ3n) is 3.26. The first kappa shape index (κ1) is 14.5.